The molecule has 1 unspecified atom stereocenters. The van der Waals surface area contributed by atoms with Crippen molar-refractivity contribution in [3.8, 4) is 0 Å². The second kappa shape index (κ2) is 4.78. The molecule has 18 heavy (non-hydrogen) atoms. The first-order chi connectivity index (χ1) is 8.48. The van der Waals surface area contributed by atoms with Gasteiger partial charge in [-0.25, -0.2) is 0 Å². The number of cyclic esters (lactones) is 1. The second-order valence-corrected chi connectivity index (χ2v) is 4.54. The van der Waals surface area contributed by atoms with Gasteiger partial charge in [-0.2, -0.15) is 0 Å². The average molecular weight is 249 g/mol. The van der Waals surface area contributed by atoms with Crippen molar-refractivity contribution in [2.45, 2.75) is 19.6 Å². The number of benzene rings is 1. The fraction of sp³-hybridized carbons (Fsp3) is 0.385. The van der Waals surface area contributed by atoms with E-state index in [0.29, 0.717) is 5.69 Å². The van der Waals surface area contributed by atoms with Gasteiger partial charge in [-0.05, 0) is 12.1 Å². The molecule has 1 heterocycles. The van der Waals surface area contributed by atoms with Gasteiger partial charge in [0.2, 0.25) is 11.7 Å². The Morgan fingerprint density at radius 1 is 1.33 bits per heavy atom. The van der Waals surface area contributed by atoms with Gasteiger partial charge in [0, 0.05) is 19.5 Å². The van der Waals surface area contributed by atoms with E-state index in [0.717, 1.165) is 0 Å². The van der Waals surface area contributed by atoms with Crippen molar-refractivity contribution in [3.63, 3.8) is 0 Å². The molecule has 1 aromatic carbocycles. The molecule has 5 heteroatoms. The summed E-state index contributed by atoms with van der Waals surface area (Å²) in [6, 6.07) is 8.94. The average Bonchev–Trinajstić information content (AvgIpc) is 2.28. The molecule has 0 aliphatic carbocycles. The van der Waals surface area contributed by atoms with Crippen molar-refractivity contribution in [1.82, 2.24) is 0 Å². The number of rotatable bonds is 2. The largest absolute Gasteiger partial charge is 0.433 e. The summed E-state index contributed by atoms with van der Waals surface area (Å²) in [6.07, 6.45) is 0. The molecule has 1 aliphatic heterocycles. The molecule has 5 nitrogen and oxygen atoms in total. The molecule has 0 saturated carbocycles. The highest BCUT2D eigenvalue weighted by atomic mass is 16.7. The van der Waals surface area contributed by atoms with Crippen LogP contribution < -0.4 is 5.32 Å². The summed E-state index contributed by atoms with van der Waals surface area (Å²) in [5.41, 5.74) is 0.639. The van der Waals surface area contributed by atoms with E-state index in [9.17, 15) is 9.59 Å². The number of ether oxygens (including phenoxy) is 2. The molecule has 0 radical (unpaired) electrons. The van der Waals surface area contributed by atoms with Gasteiger partial charge in [0.05, 0.1) is 6.61 Å². The Labute approximate surface area is 105 Å². The van der Waals surface area contributed by atoms with E-state index in [2.05, 4.69) is 5.32 Å². The summed E-state index contributed by atoms with van der Waals surface area (Å²) in [5.74, 6) is -2.85. The Morgan fingerprint density at radius 3 is 2.61 bits per heavy atom. The number of hydrogen-bond acceptors (Lipinski definition) is 4. The van der Waals surface area contributed by atoms with E-state index in [1.165, 1.54) is 0 Å². The zero-order valence-corrected chi connectivity index (χ0v) is 10.3. The van der Waals surface area contributed by atoms with Crippen LogP contribution in [-0.4, -0.2) is 24.3 Å². The molecule has 96 valence electrons. The zero-order chi connectivity index (χ0) is 13.2. The standard InChI is InChI=1S/C13H15NO4/c1-13(2)17-8-10(12(16)18-13)11(15)14-9-6-4-3-5-7-9/h3-7,10H,8H2,1-2H3,(H,14,15). The number of carbonyl (C=O) groups is 2. The van der Waals surface area contributed by atoms with Gasteiger partial charge in [-0.3, -0.25) is 9.59 Å². The van der Waals surface area contributed by atoms with Crippen molar-refractivity contribution < 1.29 is 19.1 Å². The highest BCUT2D eigenvalue weighted by Crippen LogP contribution is 2.22. The van der Waals surface area contributed by atoms with E-state index < -0.39 is 23.6 Å². The summed E-state index contributed by atoms with van der Waals surface area (Å²) in [4.78, 5) is 23.6. The van der Waals surface area contributed by atoms with Crippen LogP contribution in [0.3, 0.4) is 0 Å². The van der Waals surface area contributed by atoms with Gasteiger partial charge in [-0.1, -0.05) is 18.2 Å². The number of carbonyl (C=O) groups excluding carboxylic acids is 2. The van der Waals surface area contributed by atoms with Gasteiger partial charge in [-0.15, -0.1) is 0 Å². The predicted octanol–water partition coefficient (Wildman–Crippen LogP) is 1.55. The van der Waals surface area contributed by atoms with Crippen molar-refractivity contribution in [2.75, 3.05) is 11.9 Å². The van der Waals surface area contributed by atoms with Crippen LogP contribution in [0, 0.1) is 5.92 Å². The third-order valence-electron chi connectivity index (χ3n) is 2.59. The number of esters is 1. The molecule has 2 rings (SSSR count). The smallest absolute Gasteiger partial charge is 0.323 e. The summed E-state index contributed by atoms with van der Waals surface area (Å²) in [7, 11) is 0. The monoisotopic (exact) mass is 249 g/mol. The summed E-state index contributed by atoms with van der Waals surface area (Å²) in [6.45, 7) is 3.30. The molecule has 1 aliphatic rings. The molecule has 1 amide bonds. The van der Waals surface area contributed by atoms with Crippen LogP contribution in [-0.2, 0) is 19.1 Å². The predicted molar refractivity (Wildman–Crippen MR) is 64.7 cm³/mol. The topological polar surface area (TPSA) is 64.6 Å². The lowest BCUT2D eigenvalue weighted by molar-refractivity contribution is -0.245. The minimum atomic E-state index is -0.958. The Bertz CT molecular complexity index is 455. The summed E-state index contributed by atoms with van der Waals surface area (Å²) >= 11 is 0. The van der Waals surface area contributed by atoms with Gasteiger partial charge in [0.1, 0.15) is 0 Å². The maximum absolute atomic E-state index is 11.9. The molecular weight excluding hydrogens is 234 g/mol. The fourth-order valence-electron chi connectivity index (χ4n) is 1.63. The maximum Gasteiger partial charge on any atom is 0.323 e. The number of hydrogen-bond donors (Lipinski definition) is 1. The van der Waals surface area contributed by atoms with Crippen molar-refractivity contribution >= 4 is 17.6 Å². The number of para-hydroxylation sites is 1. The number of nitrogens with one attached hydrogen (secondary N) is 1. The van der Waals surface area contributed by atoms with Crippen LogP contribution in [0.4, 0.5) is 5.69 Å². The van der Waals surface area contributed by atoms with Crippen molar-refractivity contribution in [2.24, 2.45) is 5.92 Å². The van der Waals surface area contributed by atoms with E-state index >= 15 is 0 Å². The minimum Gasteiger partial charge on any atom is -0.433 e. The van der Waals surface area contributed by atoms with Gasteiger partial charge < -0.3 is 14.8 Å². The molecule has 1 aromatic rings. The molecule has 1 saturated heterocycles. The van der Waals surface area contributed by atoms with E-state index in [4.69, 9.17) is 9.47 Å². The molecule has 1 N–H and O–H groups in total. The van der Waals surface area contributed by atoms with Gasteiger partial charge in [0.25, 0.3) is 0 Å². The van der Waals surface area contributed by atoms with Crippen LogP contribution >= 0.6 is 0 Å². The molecule has 1 fully saturated rings. The summed E-state index contributed by atoms with van der Waals surface area (Å²) in [5, 5.41) is 2.65. The van der Waals surface area contributed by atoms with Crippen LogP contribution in [0.25, 0.3) is 0 Å². The van der Waals surface area contributed by atoms with Crippen molar-refractivity contribution in [3.05, 3.63) is 30.3 Å². The van der Waals surface area contributed by atoms with Gasteiger partial charge >= 0.3 is 5.97 Å². The maximum atomic E-state index is 11.9. The van der Waals surface area contributed by atoms with Crippen LogP contribution in [0.2, 0.25) is 0 Å². The lowest BCUT2D eigenvalue weighted by Crippen LogP contribution is -2.47. The van der Waals surface area contributed by atoms with Crippen LogP contribution in [0.15, 0.2) is 30.3 Å². The molecular formula is C13H15NO4. The Balaban J connectivity index is 2.00. The first-order valence-electron chi connectivity index (χ1n) is 5.71. The van der Waals surface area contributed by atoms with Gasteiger partial charge in [0.15, 0.2) is 5.92 Å². The normalized spacial score (nSPS) is 22.1. The minimum absolute atomic E-state index is 0.0322. The number of amides is 1. The van der Waals surface area contributed by atoms with E-state index in [1.54, 1.807) is 38.1 Å². The summed E-state index contributed by atoms with van der Waals surface area (Å²) < 4.78 is 10.3. The first-order valence-corrected chi connectivity index (χ1v) is 5.71. The lowest BCUT2D eigenvalue weighted by Gasteiger charge is -2.33. The Morgan fingerprint density at radius 2 is 2.00 bits per heavy atom. The molecule has 0 bridgehead atoms. The fourth-order valence-corrected chi connectivity index (χ4v) is 1.63. The molecule has 1 atom stereocenters. The molecule has 0 spiro atoms. The Kier molecular flexibility index (Phi) is 3.34. The Hall–Kier alpha value is -1.88. The van der Waals surface area contributed by atoms with Crippen LogP contribution in [0.1, 0.15) is 13.8 Å². The SMILES string of the molecule is CC1(C)OCC(C(=O)Nc2ccccc2)C(=O)O1. The van der Waals surface area contributed by atoms with E-state index in [1.807, 2.05) is 6.07 Å². The number of anilines is 1. The third kappa shape index (κ3) is 2.87. The lowest BCUT2D eigenvalue weighted by atomic mass is 10.1. The zero-order valence-electron chi connectivity index (χ0n) is 10.3. The highest BCUT2D eigenvalue weighted by Gasteiger charge is 2.39. The second-order valence-electron chi connectivity index (χ2n) is 4.54. The quantitative estimate of drug-likeness (QED) is 0.638. The van der Waals surface area contributed by atoms with Crippen LogP contribution in [0.5, 0.6) is 0 Å². The highest BCUT2D eigenvalue weighted by molar-refractivity contribution is 6.05. The van der Waals surface area contributed by atoms with E-state index in [-0.39, 0.29) is 6.61 Å². The van der Waals surface area contributed by atoms with Crippen molar-refractivity contribution in [1.29, 1.82) is 0 Å². The third-order valence-corrected chi connectivity index (χ3v) is 2.59. The first kappa shape index (κ1) is 12.6. The molecule has 0 aromatic heterocycles.